The quantitative estimate of drug-likeness (QED) is 0.237. The Bertz CT molecular complexity index is 989. The van der Waals surface area contributed by atoms with Crippen LogP contribution in [0.3, 0.4) is 0 Å². The normalized spacial score (nSPS) is 19.9. The molecule has 0 saturated carbocycles. The molecule has 2 heterocycles. The number of urea groups is 2. The lowest BCUT2D eigenvalue weighted by Gasteiger charge is -2.33. The molecule has 0 bridgehead atoms. The molecule has 2 aliphatic heterocycles. The van der Waals surface area contributed by atoms with E-state index in [0.717, 1.165) is 54.9 Å². The average Bonchev–Trinajstić information content (AvgIpc) is 2.97. The highest BCUT2D eigenvalue weighted by molar-refractivity contribution is 5.89. The van der Waals surface area contributed by atoms with Gasteiger partial charge < -0.3 is 31.1 Å². The van der Waals surface area contributed by atoms with Crippen LogP contribution in [0.2, 0.25) is 0 Å². The Morgan fingerprint density at radius 3 is 1.46 bits per heavy atom. The topological polar surface area (TPSA) is 88.7 Å². The van der Waals surface area contributed by atoms with Crippen LogP contribution in [-0.2, 0) is 6.42 Å². The van der Waals surface area contributed by atoms with Crippen molar-refractivity contribution in [1.29, 1.82) is 0 Å². The molecule has 2 aromatic carbocycles. The second-order valence-electron chi connectivity index (χ2n) is 11.8. The molecular formula is C33H50N6O2. The Kier molecular flexibility index (Phi) is 12.3. The summed E-state index contributed by atoms with van der Waals surface area (Å²) in [5.74, 6) is 0. The first kappa shape index (κ1) is 30.8. The SMILES string of the molecule is C[C@@H]1CCCCN1CCCNC(=O)Nc1ccc(Cc2ccc(NC(=O)NCCCN3CCCC[C@H]3C)cc2)cc1. The molecule has 0 aromatic heterocycles. The van der Waals surface area contributed by atoms with E-state index < -0.39 is 0 Å². The number of carbonyl (C=O) groups excluding carboxylic acids is 2. The summed E-state index contributed by atoms with van der Waals surface area (Å²) in [6, 6.07) is 16.9. The number of hydrogen-bond acceptors (Lipinski definition) is 4. The minimum Gasteiger partial charge on any atom is -0.338 e. The molecule has 2 aromatic rings. The number of nitrogens with zero attached hydrogens (tertiary/aromatic N) is 2. The number of rotatable bonds is 12. The molecule has 0 unspecified atom stereocenters. The van der Waals surface area contributed by atoms with Gasteiger partial charge in [0.2, 0.25) is 0 Å². The van der Waals surface area contributed by atoms with Crippen molar-refractivity contribution in [2.75, 3.05) is 49.9 Å². The maximum Gasteiger partial charge on any atom is 0.319 e. The number of anilines is 2. The minimum atomic E-state index is -0.159. The fourth-order valence-electron chi connectivity index (χ4n) is 5.95. The van der Waals surface area contributed by atoms with Crippen molar-refractivity contribution < 1.29 is 9.59 Å². The number of benzene rings is 2. The van der Waals surface area contributed by atoms with Crippen molar-refractivity contribution in [3.8, 4) is 0 Å². The molecule has 4 amide bonds. The third-order valence-corrected chi connectivity index (χ3v) is 8.53. The van der Waals surface area contributed by atoms with Crippen LogP contribution in [0.5, 0.6) is 0 Å². The third-order valence-electron chi connectivity index (χ3n) is 8.53. The molecule has 4 N–H and O–H groups in total. The summed E-state index contributed by atoms with van der Waals surface area (Å²) in [7, 11) is 0. The van der Waals surface area contributed by atoms with Gasteiger partial charge in [-0.3, -0.25) is 0 Å². The number of nitrogens with one attached hydrogen (secondary N) is 4. The van der Waals surface area contributed by atoms with E-state index in [0.29, 0.717) is 25.2 Å². The summed E-state index contributed by atoms with van der Waals surface area (Å²) < 4.78 is 0. The standard InChI is InChI=1S/C33H50N6O2/c1-26-9-3-5-21-38(26)23-7-19-34-32(40)36-30-15-11-28(12-16-30)25-29-13-17-31(18-14-29)37-33(41)35-20-8-24-39-22-6-4-10-27(39)2/h11-18,26-27H,3-10,19-25H2,1-2H3,(H2,34,36,40)(H2,35,37,41)/t26-,27-/m1/s1. The largest absolute Gasteiger partial charge is 0.338 e. The van der Waals surface area contributed by atoms with Gasteiger partial charge in [-0.05, 0) is 107 Å². The summed E-state index contributed by atoms with van der Waals surface area (Å²) in [6.45, 7) is 10.4. The highest BCUT2D eigenvalue weighted by Gasteiger charge is 2.18. The fraction of sp³-hybridized carbons (Fsp3) is 0.576. The molecule has 8 heteroatoms. The molecule has 4 rings (SSSR count). The number of piperidine rings is 2. The Hall–Kier alpha value is -3.10. The van der Waals surface area contributed by atoms with Gasteiger partial charge >= 0.3 is 12.1 Å². The molecule has 2 fully saturated rings. The van der Waals surface area contributed by atoms with E-state index in [9.17, 15) is 9.59 Å². The Morgan fingerprint density at radius 2 is 1.07 bits per heavy atom. The van der Waals surface area contributed by atoms with Gasteiger partial charge in [-0.15, -0.1) is 0 Å². The van der Waals surface area contributed by atoms with Gasteiger partial charge in [-0.25, -0.2) is 9.59 Å². The zero-order chi connectivity index (χ0) is 28.9. The Balaban J connectivity index is 1.10. The van der Waals surface area contributed by atoms with Crippen molar-refractivity contribution >= 4 is 23.4 Å². The molecule has 0 aliphatic carbocycles. The van der Waals surface area contributed by atoms with Crippen molar-refractivity contribution in [2.24, 2.45) is 0 Å². The van der Waals surface area contributed by atoms with Crippen LogP contribution in [0.1, 0.15) is 76.3 Å². The summed E-state index contributed by atoms with van der Waals surface area (Å²) >= 11 is 0. The highest BCUT2D eigenvalue weighted by Crippen LogP contribution is 2.18. The van der Waals surface area contributed by atoms with Crippen LogP contribution in [-0.4, -0.2) is 73.2 Å². The van der Waals surface area contributed by atoms with Crippen molar-refractivity contribution in [3.63, 3.8) is 0 Å². The fourth-order valence-corrected chi connectivity index (χ4v) is 5.95. The lowest BCUT2D eigenvalue weighted by molar-refractivity contribution is 0.159. The van der Waals surface area contributed by atoms with Crippen LogP contribution < -0.4 is 21.3 Å². The third kappa shape index (κ3) is 10.7. The summed E-state index contributed by atoms with van der Waals surface area (Å²) in [6.07, 6.45) is 10.5. The molecule has 2 atom stereocenters. The molecule has 0 radical (unpaired) electrons. The van der Waals surface area contributed by atoms with Gasteiger partial charge in [0, 0.05) is 49.6 Å². The van der Waals surface area contributed by atoms with Crippen LogP contribution in [0.25, 0.3) is 0 Å². The molecule has 2 saturated heterocycles. The van der Waals surface area contributed by atoms with Crippen LogP contribution >= 0.6 is 0 Å². The van der Waals surface area contributed by atoms with E-state index in [-0.39, 0.29) is 12.1 Å². The summed E-state index contributed by atoms with van der Waals surface area (Å²) in [5, 5.41) is 11.8. The zero-order valence-electron chi connectivity index (χ0n) is 25.1. The Labute approximate surface area is 246 Å². The van der Waals surface area contributed by atoms with Crippen molar-refractivity contribution in [2.45, 2.75) is 83.7 Å². The number of likely N-dealkylation sites (tertiary alicyclic amines) is 2. The first-order chi connectivity index (χ1) is 20.0. The van der Waals surface area contributed by atoms with E-state index in [1.807, 2.05) is 48.5 Å². The number of hydrogen-bond donors (Lipinski definition) is 4. The van der Waals surface area contributed by atoms with Gasteiger partial charge in [-0.1, -0.05) is 37.1 Å². The Morgan fingerprint density at radius 1 is 0.659 bits per heavy atom. The molecule has 224 valence electrons. The average molecular weight is 563 g/mol. The zero-order valence-corrected chi connectivity index (χ0v) is 25.1. The van der Waals surface area contributed by atoms with E-state index in [1.165, 1.54) is 51.6 Å². The number of amides is 4. The maximum absolute atomic E-state index is 12.3. The van der Waals surface area contributed by atoms with Gasteiger partial charge in [0.05, 0.1) is 0 Å². The smallest absolute Gasteiger partial charge is 0.319 e. The van der Waals surface area contributed by atoms with Crippen LogP contribution in [0.4, 0.5) is 21.0 Å². The molecule has 2 aliphatic rings. The lowest BCUT2D eigenvalue weighted by Crippen LogP contribution is -2.39. The van der Waals surface area contributed by atoms with Crippen LogP contribution in [0, 0.1) is 0 Å². The molecular weight excluding hydrogens is 512 g/mol. The van der Waals surface area contributed by atoms with Crippen molar-refractivity contribution in [1.82, 2.24) is 20.4 Å². The van der Waals surface area contributed by atoms with Crippen LogP contribution in [0.15, 0.2) is 48.5 Å². The minimum absolute atomic E-state index is 0.159. The predicted molar refractivity (Wildman–Crippen MR) is 169 cm³/mol. The van der Waals surface area contributed by atoms with Crippen molar-refractivity contribution in [3.05, 3.63) is 59.7 Å². The number of carbonyl (C=O) groups is 2. The second-order valence-corrected chi connectivity index (χ2v) is 11.8. The lowest BCUT2D eigenvalue weighted by atomic mass is 10.0. The molecule has 41 heavy (non-hydrogen) atoms. The highest BCUT2D eigenvalue weighted by atomic mass is 16.2. The summed E-state index contributed by atoms with van der Waals surface area (Å²) in [5.41, 5.74) is 3.89. The molecule has 8 nitrogen and oxygen atoms in total. The van der Waals surface area contributed by atoms with Gasteiger partial charge in [0.15, 0.2) is 0 Å². The summed E-state index contributed by atoms with van der Waals surface area (Å²) in [4.78, 5) is 29.6. The van der Waals surface area contributed by atoms with Gasteiger partial charge in [0.1, 0.15) is 0 Å². The monoisotopic (exact) mass is 562 g/mol. The van der Waals surface area contributed by atoms with Gasteiger partial charge in [-0.2, -0.15) is 0 Å². The first-order valence-corrected chi connectivity index (χ1v) is 15.7. The molecule has 0 spiro atoms. The maximum atomic E-state index is 12.3. The van der Waals surface area contributed by atoms with E-state index in [1.54, 1.807) is 0 Å². The first-order valence-electron chi connectivity index (χ1n) is 15.7. The van der Waals surface area contributed by atoms with E-state index >= 15 is 0 Å². The van der Waals surface area contributed by atoms with E-state index in [2.05, 4.69) is 44.9 Å². The van der Waals surface area contributed by atoms with E-state index in [4.69, 9.17) is 0 Å². The second kappa shape index (κ2) is 16.4. The van der Waals surface area contributed by atoms with Gasteiger partial charge in [0.25, 0.3) is 0 Å². The predicted octanol–water partition coefficient (Wildman–Crippen LogP) is 6.05.